The van der Waals surface area contributed by atoms with Gasteiger partial charge in [-0.25, -0.2) is 8.42 Å². The summed E-state index contributed by atoms with van der Waals surface area (Å²) >= 11 is 5.30. The lowest BCUT2D eigenvalue weighted by Gasteiger charge is -2.36. The van der Waals surface area contributed by atoms with Gasteiger partial charge in [0, 0.05) is 34.8 Å². The van der Waals surface area contributed by atoms with Crippen LogP contribution in [0.25, 0.3) is 0 Å². The number of sulfone groups is 1. The molecule has 1 aromatic carbocycles. The van der Waals surface area contributed by atoms with E-state index in [-0.39, 0.29) is 6.04 Å². The number of halogens is 1. The molecule has 21 heavy (non-hydrogen) atoms. The third-order valence-corrected chi connectivity index (χ3v) is 7.07. The first-order chi connectivity index (χ1) is 9.84. The van der Waals surface area contributed by atoms with E-state index in [0.717, 1.165) is 22.5 Å². The van der Waals surface area contributed by atoms with Gasteiger partial charge in [0.05, 0.1) is 5.69 Å². The Morgan fingerprint density at radius 3 is 2.76 bits per heavy atom. The van der Waals surface area contributed by atoms with Crippen molar-refractivity contribution >= 4 is 43.2 Å². The highest BCUT2D eigenvalue weighted by atomic mass is 79.9. The Morgan fingerprint density at radius 2 is 2.19 bits per heavy atom. The molecule has 1 heterocycles. The molecule has 2 rings (SSSR count). The molecule has 0 bridgehead atoms. The number of anilines is 1. The van der Waals surface area contributed by atoms with Crippen LogP contribution in [0.15, 0.2) is 22.7 Å². The van der Waals surface area contributed by atoms with Crippen molar-refractivity contribution in [3.8, 4) is 0 Å². The van der Waals surface area contributed by atoms with Crippen LogP contribution in [-0.4, -0.2) is 45.1 Å². The van der Waals surface area contributed by atoms with Crippen LogP contribution in [0.2, 0.25) is 0 Å². The van der Waals surface area contributed by atoms with E-state index in [1.165, 1.54) is 11.8 Å². The Hall–Kier alpha value is -0.240. The number of hydrogen-bond acceptors (Lipinski definition) is 5. The van der Waals surface area contributed by atoms with E-state index in [0.29, 0.717) is 5.75 Å². The maximum atomic E-state index is 12.0. The van der Waals surface area contributed by atoms with Gasteiger partial charge in [0.15, 0.2) is 9.84 Å². The Labute approximate surface area is 139 Å². The van der Waals surface area contributed by atoms with Gasteiger partial charge < -0.3 is 10.2 Å². The number of benzene rings is 1. The average molecular weight is 393 g/mol. The van der Waals surface area contributed by atoms with Crippen molar-refractivity contribution in [1.29, 1.82) is 0 Å². The van der Waals surface area contributed by atoms with Crippen molar-refractivity contribution in [3.63, 3.8) is 0 Å². The summed E-state index contributed by atoms with van der Waals surface area (Å²) < 4.78 is 25.0. The topological polar surface area (TPSA) is 49.4 Å². The lowest BCUT2D eigenvalue weighted by atomic mass is 10.1. The summed E-state index contributed by atoms with van der Waals surface area (Å²) in [7, 11) is -1.17. The van der Waals surface area contributed by atoms with Crippen LogP contribution in [0.1, 0.15) is 18.5 Å². The molecule has 1 N–H and O–H groups in total. The molecule has 0 aromatic heterocycles. The van der Waals surface area contributed by atoms with Crippen LogP contribution in [0.3, 0.4) is 0 Å². The summed E-state index contributed by atoms with van der Waals surface area (Å²) in [4.78, 5) is 2.00. The molecule has 1 fully saturated rings. The molecule has 118 valence electrons. The Balaban J connectivity index is 2.35. The molecule has 1 aliphatic heterocycles. The van der Waals surface area contributed by atoms with Crippen molar-refractivity contribution < 1.29 is 8.42 Å². The van der Waals surface area contributed by atoms with Crippen LogP contribution in [-0.2, 0) is 9.84 Å². The average Bonchev–Trinajstić information content (AvgIpc) is 2.45. The van der Waals surface area contributed by atoms with Gasteiger partial charge in [-0.05, 0) is 47.6 Å². The van der Waals surface area contributed by atoms with Crippen LogP contribution in [0.4, 0.5) is 5.69 Å². The van der Waals surface area contributed by atoms with Crippen molar-refractivity contribution in [1.82, 2.24) is 5.32 Å². The normalized spacial score (nSPS) is 21.3. The summed E-state index contributed by atoms with van der Waals surface area (Å²) in [5, 5.41) is 2.76. The lowest BCUT2D eigenvalue weighted by Crippen LogP contribution is -2.47. The first-order valence-corrected chi connectivity index (χ1v) is 10.7. The van der Waals surface area contributed by atoms with Gasteiger partial charge >= 0.3 is 0 Å². The number of nitrogens with zero attached hydrogens (tertiary/aromatic N) is 1. The Kier molecular flexibility index (Phi) is 5.62. The van der Waals surface area contributed by atoms with Crippen molar-refractivity contribution in [2.45, 2.75) is 18.3 Å². The third-order valence-electron chi connectivity index (χ3n) is 3.79. The number of hydrogen-bond donors (Lipinski definition) is 1. The van der Waals surface area contributed by atoms with Crippen molar-refractivity contribution in [2.75, 3.05) is 36.3 Å². The van der Waals surface area contributed by atoms with E-state index < -0.39 is 15.2 Å². The van der Waals surface area contributed by atoms with Gasteiger partial charge in [-0.1, -0.05) is 6.07 Å². The van der Waals surface area contributed by atoms with E-state index >= 15 is 0 Å². The van der Waals surface area contributed by atoms with Gasteiger partial charge in [-0.3, -0.25) is 0 Å². The van der Waals surface area contributed by atoms with E-state index in [9.17, 15) is 8.42 Å². The van der Waals surface area contributed by atoms with Crippen LogP contribution in [0.5, 0.6) is 0 Å². The van der Waals surface area contributed by atoms with Crippen molar-refractivity contribution in [2.24, 2.45) is 0 Å². The summed E-state index contributed by atoms with van der Waals surface area (Å²) in [6, 6.07) is 6.40. The third kappa shape index (κ3) is 3.94. The number of nitrogens with one attached hydrogen (secondary N) is 1. The van der Waals surface area contributed by atoms with Gasteiger partial charge in [0.1, 0.15) is 5.37 Å². The molecule has 0 radical (unpaired) electrons. The van der Waals surface area contributed by atoms with E-state index in [1.54, 1.807) is 11.8 Å². The zero-order chi connectivity index (χ0) is 15.6. The molecule has 1 saturated heterocycles. The predicted molar refractivity (Wildman–Crippen MR) is 94.9 cm³/mol. The highest BCUT2D eigenvalue weighted by Crippen LogP contribution is 2.34. The van der Waals surface area contributed by atoms with Gasteiger partial charge in [-0.2, -0.15) is 11.8 Å². The quantitative estimate of drug-likeness (QED) is 0.853. The number of thioether (sulfide) groups is 1. The summed E-state index contributed by atoms with van der Waals surface area (Å²) in [6.45, 7) is 2.85. The maximum absolute atomic E-state index is 12.0. The molecule has 1 aliphatic rings. The predicted octanol–water partition coefficient (Wildman–Crippen LogP) is 2.65. The first-order valence-electron chi connectivity index (χ1n) is 6.84. The summed E-state index contributed by atoms with van der Waals surface area (Å²) in [5.74, 6) is 1.58. The molecule has 0 spiro atoms. The first kappa shape index (κ1) is 17.1. The smallest absolute Gasteiger partial charge is 0.169 e. The largest absolute Gasteiger partial charge is 0.353 e. The minimum absolute atomic E-state index is 0.262. The molecule has 0 saturated carbocycles. The van der Waals surface area contributed by atoms with E-state index in [1.807, 2.05) is 18.0 Å². The molecule has 2 atom stereocenters. The minimum atomic E-state index is -3.10. The number of rotatable bonds is 4. The summed E-state index contributed by atoms with van der Waals surface area (Å²) in [6.07, 6.45) is 1.32. The van der Waals surface area contributed by atoms with E-state index in [4.69, 9.17) is 0 Å². The second-order valence-corrected chi connectivity index (χ2v) is 9.48. The molecule has 2 unspecified atom stereocenters. The minimum Gasteiger partial charge on any atom is -0.353 e. The van der Waals surface area contributed by atoms with Gasteiger partial charge in [0.25, 0.3) is 0 Å². The summed E-state index contributed by atoms with van der Waals surface area (Å²) in [5.41, 5.74) is 2.13. The van der Waals surface area contributed by atoms with Crippen LogP contribution in [0, 0.1) is 0 Å². The fourth-order valence-corrected chi connectivity index (χ4v) is 5.86. The highest BCUT2D eigenvalue weighted by Gasteiger charge is 2.32. The Morgan fingerprint density at radius 1 is 1.48 bits per heavy atom. The van der Waals surface area contributed by atoms with Crippen LogP contribution < -0.4 is 10.2 Å². The van der Waals surface area contributed by atoms with Crippen molar-refractivity contribution in [3.05, 3.63) is 28.2 Å². The zero-order valence-electron chi connectivity index (χ0n) is 12.5. The SMILES string of the molecule is CNC(C)c1ccc(N2CCSCC2S(C)(=O)=O)c(Br)c1. The fraction of sp³-hybridized carbons (Fsp3) is 0.571. The molecule has 1 aromatic rings. The molecule has 7 heteroatoms. The molecule has 4 nitrogen and oxygen atoms in total. The Bertz CT molecular complexity index is 607. The van der Waals surface area contributed by atoms with E-state index in [2.05, 4.69) is 40.3 Å². The van der Waals surface area contributed by atoms with Gasteiger partial charge in [-0.15, -0.1) is 0 Å². The standard InChI is InChI=1S/C14H21BrN2O2S2/c1-10(16-2)11-4-5-13(12(15)8-11)17-6-7-20-9-14(17)21(3,18)19/h4-5,8,10,14,16H,6-7,9H2,1-3H3. The molecule has 0 amide bonds. The maximum Gasteiger partial charge on any atom is 0.169 e. The molecular weight excluding hydrogens is 372 g/mol. The second kappa shape index (κ2) is 6.89. The fourth-order valence-electron chi connectivity index (χ4n) is 2.40. The zero-order valence-corrected chi connectivity index (χ0v) is 15.7. The molecular formula is C14H21BrN2O2S2. The monoisotopic (exact) mass is 392 g/mol. The second-order valence-electron chi connectivity index (χ2n) is 5.27. The van der Waals surface area contributed by atoms with Crippen LogP contribution >= 0.6 is 27.7 Å². The lowest BCUT2D eigenvalue weighted by molar-refractivity contribution is 0.584. The highest BCUT2D eigenvalue weighted by molar-refractivity contribution is 9.10. The molecule has 0 aliphatic carbocycles. The van der Waals surface area contributed by atoms with Gasteiger partial charge in [0.2, 0.25) is 0 Å².